The number of ether oxygens (including phenoxy) is 2. The number of rotatable bonds is 7. The quantitative estimate of drug-likeness (QED) is 0.291. The summed E-state index contributed by atoms with van der Waals surface area (Å²) in [4.78, 5) is 50.0. The van der Waals surface area contributed by atoms with E-state index in [2.05, 4.69) is 10.1 Å². The van der Waals surface area contributed by atoms with Crippen molar-refractivity contribution >= 4 is 29.2 Å². The van der Waals surface area contributed by atoms with Crippen molar-refractivity contribution in [2.24, 2.45) is 11.7 Å². The van der Waals surface area contributed by atoms with Gasteiger partial charge in [-0.1, -0.05) is 45.0 Å². The monoisotopic (exact) mass is 492 g/mol. The van der Waals surface area contributed by atoms with E-state index in [-0.39, 0.29) is 34.7 Å². The number of hydrogen-bond donors (Lipinski definition) is 2. The molecule has 2 atom stereocenters. The summed E-state index contributed by atoms with van der Waals surface area (Å²) in [7, 11) is 0. The minimum Gasteiger partial charge on any atom is -0.441 e. The highest BCUT2D eigenvalue weighted by Crippen LogP contribution is 2.37. The van der Waals surface area contributed by atoms with Gasteiger partial charge >= 0.3 is 18.1 Å². The summed E-state index contributed by atoms with van der Waals surface area (Å²) in [6.07, 6.45) is -6.09. The molecule has 1 aliphatic carbocycles. The predicted molar refractivity (Wildman–Crippen MR) is 118 cm³/mol. The molecule has 8 nitrogen and oxygen atoms in total. The number of nitrogens with one attached hydrogen (secondary N) is 1. The van der Waals surface area contributed by atoms with Gasteiger partial charge in [0.05, 0.1) is 5.56 Å². The van der Waals surface area contributed by atoms with E-state index < -0.39 is 53.3 Å². The van der Waals surface area contributed by atoms with Crippen LogP contribution in [0.15, 0.2) is 36.4 Å². The smallest absolute Gasteiger partial charge is 0.441 e. The molecule has 0 saturated carbocycles. The molecule has 1 unspecified atom stereocenters. The van der Waals surface area contributed by atoms with Gasteiger partial charge in [-0.2, -0.15) is 13.2 Å². The van der Waals surface area contributed by atoms with Gasteiger partial charge in [0.15, 0.2) is 17.8 Å². The molecular weight excluding hydrogens is 469 g/mol. The molecule has 11 heteroatoms. The number of anilines is 1. The molecule has 0 heterocycles. The maximum absolute atomic E-state index is 13.1. The first-order valence-corrected chi connectivity index (χ1v) is 10.7. The van der Waals surface area contributed by atoms with Crippen molar-refractivity contribution in [1.29, 1.82) is 0 Å². The summed E-state index contributed by atoms with van der Waals surface area (Å²) in [6.45, 7) is 5.12. The Bertz CT molecular complexity index is 1190. The maximum atomic E-state index is 13.1. The van der Waals surface area contributed by atoms with Crippen LogP contribution in [0.3, 0.4) is 0 Å². The van der Waals surface area contributed by atoms with E-state index in [0.717, 1.165) is 6.07 Å². The summed E-state index contributed by atoms with van der Waals surface area (Å²) in [5.74, 6) is -5.64. The van der Waals surface area contributed by atoms with E-state index >= 15 is 0 Å². The largest absolute Gasteiger partial charge is 0.491 e. The fraction of sp³-hybridized carbons (Fsp3) is 0.333. The fourth-order valence-corrected chi connectivity index (χ4v) is 3.40. The Hall–Kier alpha value is -3.73. The Morgan fingerprint density at radius 1 is 1.03 bits per heavy atom. The van der Waals surface area contributed by atoms with Gasteiger partial charge in [0, 0.05) is 34.9 Å². The predicted octanol–water partition coefficient (Wildman–Crippen LogP) is 3.60. The van der Waals surface area contributed by atoms with Crippen LogP contribution in [0, 0.1) is 5.92 Å². The fourth-order valence-electron chi connectivity index (χ4n) is 3.40. The first kappa shape index (κ1) is 25.9. The van der Waals surface area contributed by atoms with Gasteiger partial charge in [-0.15, -0.1) is 0 Å². The lowest BCUT2D eigenvalue weighted by molar-refractivity contribution is -0.189. The molecule has 1 aliphatic rings. The van der Waals surface area contributed by atoms with Crippen LogP contribution in [0.2, 0.25) is 0 Å². The maximum Gasteiger partial charge on any atom is 0.491 e. The van der Waals surface area contributed by atoms with Crippen LogP contribution in [-0.2, 0) is 14.3 Å². The third-order valence-electron chi connectivity index (χ3n) is 5.37. The van der Waals surface area contributed by atoms with E-state index in [0.29, 0.717) is 0 Å². The number of halogens is 3. The molecule has 0 aliphatic heterocycles. The van der Waals surface area contributed by atoms with E-state index in [1.165, 1.54) is 30.3 Å². The van der Waals surface area contributed by atoms with Crippen LogP contribution in [0.5, 0.6) is 5.75 Å². The zero-order chi connectivity index (χ0) is 26.1. The molecule has 0 fully saturated rings. The summed E-state index contributed by atoms with van der Waals surface area (Å²) >= 11 is 0. The zero-order valence-electron chi connectivity index (χ0n) is 19.1. The number of benzene rings is 2. The minimum atomic E-state index is -5.34. The Morgan fingerprint density at radius 2 is 1.63 bits per heavy atom. The van der Waals surface area contributed by atoms with Crippen molar-refractivity contribution < 1.29 is 41.8 Å². The Balaban J connectivity index is 2.05. The Labute approximate surface area is 198 Å². The number of fused-ring (bicyclic) bond motifs is 2. The van der Waals surface area contributed by atoms with Crippen molar-refractivity contribution in [2.75, 3.05) is 5.32 Å². The highest BCUT2D eigenvalue weighted by molar-refractivity contribution is 6.29. The van der Waals surface area contributed by atoms with Crippen molar-refractivity contribution in [3.63, 3.8) is 0 Å². The van der Waals surface area contributed by atoms with Gasteiger partial charge in [-0.05, 0) is 12.0 Å². The van der Waals surface area contributed by atoms with Gasteiger partial charge in [0.25, 0.3) is 0 Å². The summed E-state index contributed by atoms with van der Waals surface area (Å²) in [5, 5.41) is 2.78. The first-order chi connectivity index (χ1) is 16.3. The van der Waals surface area contributed by atoms with Crippen LogP contribution in [0.1, 0.15) is 59.0 Å². The molecule has 3 N–H and O–H groups in total. The third-order valence-corrected chi connectivity index (χ3v) is 5.37. The van der Waals surface area contributed by atoms with Gasteiger partial charge in [-0.25, -0.2) is 4.79 Å². The van der Waals surface area contributed by atoms with Gasteiger partial charge in [0.2, 0.25) is 0 Å². The molecule has 2 aromatic rings. The summed E-state index contributed by atoms with van der Waals surface area (Å²) in [6, 6.07) is 7.08. The number of hydrogen-bond acceptors (Lipinski definition) is 8. The molecule has 0 saturated heterocycles. The molecule has 0 spiro atoms. The molecular formula is C24H23F3N2O6. The molecule has 0 bridgehead atoms. The number of nitrogens with two attached hydrogens (primary N) is 1. The highest BCUT2D eigenvalue weighted by Gasteiger charge is 2.43. The second-order valence-electron chi connectivity index (χ2n) is 8.24. The summed E-state index contributed by atoms with van der Waals surface area (Å²) < 4.78 is 48.6. The summed E-state index contributed by atoms with van der Waals surface area (Å²) in [5.41, 5.74) is 5.08. The lowest BCUT2D eigenvalue weighted by Crippen LogP contribution is -2.40. The Morgan fingerprint density at radius 3 is 2.17 bits per heavy atom. The lowest BCUT2D eigenvalue weighted by atomic mass is 9.83. The highest BCUT2D eigenvalue weighted by atomic mass is 19.4. The van der Waals surface area contributed by atoms with Crippen LogP contribution >= 0.6 is 0 Å². The minimum absolute atomic E-state index is 0.00739. The van der Waals surface area contributed by atoms with E-state index in [1.807, 2.05) is 0 Å². The third kappa shape index (κ3) is 5.35. The molecule has 0 aromatic heterocycles. The van der Waals surface area contributed by atoms with Crippen LogP contribution in [0.25, 0.3) is 0 Å². The zero-order valence-corrected chi connectivity index (χ0v) is 19.1. The molecule has 0 amide bonds. The number of carbonyl (C=O) groups is 4. The molecule has 3 rings (SSSR count). The second kappa shape index (κ2) is 9.87. The molecule has 0 radical (unpaired) electrons. The molecule has 186 valence electrons. The molecule has 2 aromatic carbocycles. The SMILES string of the molecule is CCC(Nc1cc(OC(=O)C(F)(F)F)c2c(c1)C(=O)c1ccccc1C2=O)OC(=O)[C@@H](N)C(C)C. The first-order valence-electron chi connectivity index (χ1n) is 10.7. The van der Waals surface area contributed by atoms with Gasteiger partial charge in [-0.3, -0.25) is 14.4 Å². The standard InChI is InChI=1S/C24H23F3N2O6/c1-4-17(35-22(32)19(28)11(2)3)29-12-9-15-18(16(10-12)34-23(33)24(25,26)27)21(31)14-8-6-5-7-13(14)20(15)30/h5-11,17,19,29H,4,28H2,1-3H3/t17?,19-/m0/s1. The van der Waals surface area contributed by atoms with Crippen LogP contribution in [0.4, 0.5) is 18.9 Å². The normalized spacial score (nSPS) is 14.6. The van der Waals surface area contributed by atoms with Crippen LogP contribution in [-0.4, -0.2) is 42.0 Å². The topological polar surface area (TPSA) is 125 Å². The van der Waals surface area contributed by atoms with Gasteiger partial charge in [0.1, 0.15) is 11.8 Å². The number of esters is 2. The van der Waals surface area contributed by atoms with Gasteiger partial charge < -0.3 is 20.5 Å². The van der Waals surface area contributed by atoms with Crippen LogP contribution < -0.4 is 15.8 Å². The number of ketones is 2. The molecule has 35 heavy (non-hydrogen) atoms. The van der Waals surface area contributed by atoms with E-state index in [1.54, 1.807) is 20.8 Å². The van der Waals surface area contributed by atoms with Crippen molar-refractivity contribution in [3.05, 3.63) is 58.7 Å². The van der Waals surface area contributed by atoms with Crippen molar-refractivity contribution in [1.82, 2.24) is 0 Å². The second-order valence-corrected chi connectivity index (χ2v) is 8.24. The number of alkyl halides is 3. The van der Waals surface area contributed by atoms with Crippen molar-refractivity contribution in [3.8, 4) is 5.75 Å². The average Bonchev–Trinajstić information content (AvgIpc) is 2.80. The Kier molecular flexibility index (Phi) is 7.30. The van der Waals surface area contributed by atoms with Crippen molar-refractivity contribution in [2.45, 2.75) is 45.6 Å². The lowest BCUT2D eigenvalue weighted by Gasteiger charge is -2.25. The average molecular weight is 492 g/mol. The van der Waals surface area contributed by atoms with E-state index in [9.17, 15) is 32.3 Å². The van der Waals surface area contributed by atoms with E-state index in [4.69, 9.17) is 10.5 Å². The number of carbonyl (C=O) groups excluding carboxylic acids is 4.